The van der Waals surface area contributed by atoms with Gasteiger partial charge in [0, 0.05) is 6.42 Å². The van der Waals surface area contributed by atoms with Crippen LogP contribution in [0.25, 0.3) is 0 Å². The van der Waals surface area contributed by atoms with Gasteiger partial charge in [0.05, 0.1) is 6.04 Å². The Labute approximate surface area is 117 Å². The SMILES string of the molecule is Cc1ccc(F)cc1C(NN)C1Cc2ccccc2O1. The Morgan fingerprint density at radius 1 is 1.30 bits per heavy atom. The van der Waals surface area contributed by atoms with Gasteiger partial charge < -0.3 is 4.74 Å². The molecule has 0 spiro atoms. The first-order chi connectivity index (χ1) is 9.69. The van der Waals surface area contributed by atoms with Crippen molar-refractivity contribution in [3.63, 3.8) is 0 Å². The first-order valence-corrected chi connectivity index (χ1v) is 6.66. The van der Waals surface area contributed by atoms with Crippen molar-refractivity contribution in [1.29, 1.82) is 0 Å². The predicted molar refractivity (Wildman–Crippen MR) is 75.8 cm³/mol. The molecule has 0 amide bonds. The number of para-hydroxylation sites is 1. The third kappa shape index (κ3) is 2.28. The standard InChI is InChI=1S/C16H17FN2O/c1-10-6-7-12(17)9-13(10)16(19-18)15-8-11-4-2-3-5-14(11)20-15/h2-7,9,15-16,19H,8,18H2,1H3. The number of halogens is 1. The Morgan fingerprint density at radius 2 is 2.10 bits per heavy atom. The van der Waals surface area contributed by atoms with Gasteiger partial charge in [-0.25, -0.2) is 9.82 Å². The number of ether oxygens (including phenoxy) is 1. The van der Waals surface area contributed by atoms with Crippen molar-refractivity contribution in [1.82, 2.24) is 5.43 Å². The first-order valence-electron chi connectivity index (χ1n) is 6.66. The highest BCUT2D eigenvalue weighted by Gasteiger charge is 2.31. The van der Waals surface area contributed by atoms with Crippen LogP contribution in [0.2, 0.25) is 0 Å². The largest absolute Gasteiger partial charge is 0.488 e. The number of hydrazine groups is 1. The quantitative estimate of drug-likeness (QED) is 0.667. The minimum absolute atomic E-state index is 0.127. The summed E-state index contributed by atoms with van der Waals surface area (Å²) in [6.07, 6.45) is 0.638. The van der Waals surface area contributed by atoms with E-state index in [1.165, 1.54) is 12.1 Å². The second-order valence-electron chi connectivity index (χ2n) is 5.11. The van der Waals surface area contributed by atoms with Crippen molar-refractivity contribution < 1.29 is 9.13 Å². The molecule has 2 atom stereocenters. The van der Waals surface area contributed by atoms with Crippen molar-refractivity contribution in [3.8, 4) is 5.75 Å². The highest BCUT2D eigenvalue weighted by atomic mass is 19.1. The fraction of sp³-hybridized carbons (Fsp3) is 0.250. The Morgan fingerprint density at radius 3 is 2.85 bits per heavy atom. The molecule has 2 aromatic carbocycles. The summed E-state index contributed by atoms with van der Waals surface area (Å²) < 4.78 is 19.4. The molecule has 0 bridgehead atoms. The molecular formula is C16H17FN2O. The van der Waals surface area contributed by atoms with Crippen LogP contribution in [0.4, 0.5) is 4.39 Å². The molecule has 104 valence electrons. The molecule has 0 aliphatic carbocycles. The zero-order valence-corrected chi connectivity index (χ0v) is 11.3. The van der Waals surface area contributed by atoms with E-state index in [0.717, 1.165) is 28.9 Å². The summed E-state index contributed by atoms with van der Waals surface area (Å²) in [6.45, 7) is 1.95. The number of aryl methyl sites for hydroxylation is 1. The van der Waals surface area contributed by atoms with E-state index in [1.807, 2.05) is 31.2 Å². The molecule has 2 aromatic rings. The highest BCUT2D eigenvalue weighted by Crippen LogP contribution is 2.34. The van der Waals surface area contributed by atoms with Crippen LogP contribution in [0, 0.1) is 12.7 Å². The molecule has 4 heteroatoms. The topological polar surface area (TPSA) is 47.3 Å². The summed E-state index contributed by atoms with van der Waals surface area (Å²) in [5.41, 5.74) is 5.76. The molecule has 0 aromatic heterocycles. The van der Waals surface area contributed by atoms with Gasteiger partial charge in [-0.3, -0.25) is 5.84 Å². The fourth-order valence-corrected chi connectivity index (χ4v) is 2.74. The number of nitrogens with two attached hydrogens (primary N) is 1. The van der Waals surface area contributed by atoms with Crippen LogP contribution in [0.15, 0.2) is 42.5 Å². The number of rotatable bonds is 3. The fourth-order valence-electron chi connectivity index (χ4n) is 2.74. The lowest BCUT2D eigenvalue weighted by Crippen LogP contribution is -2.39. The van der Waals surface area contributed by atoms with Crippen LogP contribution in [0.1, 0.15) is 22.7 Å². The molecule has 3 N–H and O–H groups in total. The van der Waals surface area contributed by atoms with Crippen molar-refractivity contribution in [2.75, 3.05) is 0 Å². The second-order valence-corrected chi connectivity index (χ2v) is 5.11. The lowest BCUT2D eigenvalue weighted by Gasteiger charge is -2.24. The molecule has 0 saturated carbocycles. The first kappa shape index (κ1) is 13.1. The second kappa shape index (κ2) is 5.23. The van der Waals surface area contributed by atoms with Gasteiger partial charge in [-0.15, -0.1) is 0 Å². The van der Waals surface area contributed by atoms with Gasteiger partial charge in [0.2, 0.25) is 0 Å². The van der Waals surface area contributed by atoms with Crippen molar-refractivity contribution in [2.24, 2.45) is 5.84 Å². The van der Waals surface area contributed by atoms with Gasteiger partial charge in [0.25, 0.3) is 0 Å². The average molecular weight is 272 g/mol. The van der Waals surface area contributed by atoms with Gasteiger partial charge in [-0.1, -0.05) is 24.3 Å². The van der Waals surface area contributed by atoms with E-state index in [2.05, 4.69) is 5.43 Å². The summed E-state index contributed by atoms with van der Waals surface area (Å²) in [6, 6.07) is 12.4. The number of hydrogen-bond donors (Lipinski definition) is 2. The zero-order valence-electron chi connectivity index (χ0n) is 11.3. The van der Waals surface area contributed by atoms with Crippen LogP contribution in [-0.2, 0) is 6.42 Å². The van der Waals surface area contributed by atoms with E-state index in [0.29, 0.717) is 0 Å². The normalized spacial score (nSPS) is 18.4. The van der Waals surface area contributed by atoms with Crippen molar-refractivity contribution in [3.05, 3.63) is 65.0 Å². The van der Waals surface area contributed by atoms with Crippen LogP contribution >= 0.6 is 0 Å². The molecule has 20 heavy (non-hydrogen) atoms. The Bertz CT molecular complexity index is 605. The number of benzene rings is 2. The van der Waals surface area contributed by atoms with E-state index in [4.69, 9.17) is 10.6 Å². The van der Waals surface area contributed by atoms with Crippen LogP contribution in [0.3, 0.4) is 0 Å². The molecule has 3 nitrogen and oxygen atoms in total. The maximum Gasteiger partial charge on any atom is 0.124 e. The van der Waals surface area contributed by atoms with E-state index in [1.54, 1.807) is 6.07 Å². The number of fused-ring (bicyclic) bond motifs is 1. The number of hydrogen-bond acceptors (Lipinski definition) is 3. The van der Waals surface area contributed by atoms with E-state index in [-0.39, 0.29) is 18.0 Å². The molecule has 0 radical (unpaired) electrons. The lowest BCUT2D eigenvalue weighted by molar-refractivity contribution is 0.178. The summed E-state index contributed by atoms with van der Waals surface area (Å²) in [4.78, 5) is 0. The minimum Gasteiger partial charge on any atom is -0.488 e. The van der Waals surface area contributed by atoms with Gasteiger partial charge in [-0.05, 0) is 41.8 Å². The third-order valence-electron chi connectivity index (χ3n) is 3.80. The maximum atomic E-state index is 13.5. The van der Waals surface area contributed by atoms with Crippen molar-refractivity contribution in [2.45, 2.75) is 25.5 Å². The van der Waals surface area contributed by atoms with Crippen LogP contribution in [-0.4, -0.2) is 6.10 Å². The Hall–Kier alpha value is -1.91. The van der Waals surface area contributed by atoms with Crippen molar-refractivity contribution >= 4 is 0 Å². The Kier molecular flexibility index (Phi) is 3.42. The molecule has 0 saturated heterocycles. The van der Waals surface area contributed by atoms with Crippen LogP contribution in [0.5, 0.6) is 5.75 Å². The molecule has 3 rings (SSSR count). The molecular weight excluding hydrogens is 255 g/mol. The zero-order chi connectivity index (χ0) is 14.1. The molecule has 1 aliphatic heterocycles. The number of nitrogens with one attached hydrogen (secondary N) is 1. The van der Waals surface area contributed by atoms with E-state index in [9.17, 15) is 4.39 Å². The average Bonchev–Trinajstić information content (AvgIpc) is 2.87. The minimum atomic E-state index is -0.263. The predicted octanol–water partition coefficient (Wildman–Crippen LogP) is 2.64. The molecule has 1 heterocycles. The summed E-state index contributed by atoms with van der Waals surface area (Å²) >= 11 is 0. The van der Waals surface area contributed by atoms with E-state index >= 15 is 0 Å². The summed E-state index contributed by atoms with van der Waals surface area (Å²) in [5, 5.41) is 0. The molecule has 2 unspecified atom stereocenters. The van der Waals surface area contributed by atoms with Gasteiger partial charge in [0.15, 0.2) is 0 Å². The van der Waals surface area contributed by atoms with Gasteiger partial charge in [-0.2, -0.15) is 0 Å². The lowest BCUT2D eigenvalue weighted by atomic mass is 9.95. The molecule has 0 fully saturated rings. The monoisotopic (exact) mass is 272 g/mol. The molecule has 1 aliphatic rings. The van der Waals surface area contributed by atoms with E-state index < -0.39 is 0 Å². The summed E-state index contributed by atoms with van der Waals surface area (Å²) in [7, 11) is 0. The maximum absolute atomic E-state index is 13.5. The Balaban J connectivity index is 1.91. The highest BCUT2D eigenvalue weighted by molar-refractivity contribution is 5.39. The van der Waals surface area contributed by atoms with Gasteiger partial charge in [0.1, 0.15) is 17.7 Å². The smallest absolute Gasteiger partial charge is 0.124 e. The van der Waals surface area contributed by atoms with Gasteiger partial charge >= 0.3 is 0 Å². The van der Waals surface area contributed by atoms with Crippen LogP contribution < -0.4 is 16.0 Å². The third-order valence-corrected chi connectivity index (χ3v) is 3.80. The summed E-state index contributed by atoms with van der Waals surface area (Å²) in [5.74, 6) is 6.30.